The summed E-state index contributed by atoms with van der Waals surface area (Å²) in [6, 6.07) is 5.06. The van der Waals surface area contributed by atoms with E-state index in [4.69, 9.17) is 0 Å². The van der Waals surface area contributed by atoms with Gasteiger partial charge in [0.25, 0.3) is 0 Å². The summed E-state index contributed by atoms with van der Waals surface area (Å²) in [6.45, 7) is 2.59. The molecule has 0 unspecified atom stereocenters. The number of hydrogen-bond acceptors (Lipinski definition) is 5. The van der Waals surface area contributed by atoms with Crippen LogP contribution in [0.1, 0.15) is 6.92 Å². The van der Waals surface area contributed by atoms with Gasteiger partial charge in [0.2, 0.25) is 26.0 Å². The lowest BCUT2D eigenvalue weighted by atomic mass is 10.3. The second-order valence-corrected chi connectivity index (χ2v) is 8.91. The van der Waals surface area contributed by atoms with Crippen LogP contribution in [-0.4, -0.2) is 65.2 Å². The maximum absolute atomic E-state index is 12.6. The van der Waals surface area contributed by atoms with Crippen molar-refractivity contribution in [1.82, 2.24) is 13.9 Å². The van der Waals surface area contributed by atoms with Crippen molar-refractivity contribution in [3.05, 3.63) is 24.3 Å². The third-order valence-corrected chi connectivity index (χ3v) is 7.07. The minimum Gasteiger partial charge on any atom is -0.340 e. The van der Waals surface area contributed by atoms with Crippen molar-refractivity contribution in [3.8, 4) is 0 Å². The Morgan fingerprint density at radius 2 is 1.43 bits per heavy atom. The van der Waals surface area contributed by atoms with E-state index in [0.29, 0.717) is 13.1 Å². The van der Waals surface area contributed by atoms with Crippen LogP contribution in [0.2, 0.25) is 0 Å². The molecule has 1 N–H and O–H groups in total. The Morgan fingerprint density at radius 3 is 1.87 bits per heavy atom. The molecule has 23 heavy (non-hydrogen) atoms. The Kier molecular flexibility index (Phi) is 5.09. The molecule has 10 heteroatoms. The van der Waals surface area contributed by atoms with Crippen molar-refractivity contribution < 1.29 is 21.6 Å². The third kappa shape index (κ3) is 3.71. The van der Waals surface area contributed by atoms with E-state index in [1.165, 1.54) is 42.5 Å². The van der Waals surface area contributed by atoms with Crippen molar-refractivity contribution in [1.29, 1.82) is 0 Å². The summed E-state index contributed by atoms with van der Waals surface area (Å²) in [4.78, 5) is 12.9. The molecule has 1 aliphatic rings. The highest BCUT2D eigenvalue weighted by atomic mass is 32.2. The fourth-order valence-electron chi connectivity index (χ4n) is 2.30. The maximum atomic E-state index is 12.6. The quantitative estimate of drug-likeness (QED) is 0.775. The second kappa shape index (κ2) is 6.56. The summed E-state index contributed by atoms with van der Waals surface area (Å²) in [5.74, 6) is -0.0799. The number of benzene rings is 1. The Morgan fingerprint density at radius 1 is 0.957 bits per heavy atom. The van der Waals surface area contributed by atoms with Crippen LogP contribution in [-0.2, 0) is 24.8 Å². The molecule has 0 aromatic heterocycles. The predicted octanol–water partition coefficient (Wildman–Crippen LogP) is -0.552. The van der Waals surface area contributed by atoms with Crippen molar-refractivity contribution in [2.24, 2.45) is 0 Å². The van der Waals surface area contributed by atoms with Crippen LogP contribution in [0.3, 0.4) is 0 Å². The summed E-state index contributed by atoms with van der Waals surface area (Å²) in [5.41, 5.74) is 0. The average molecular weight is 361 g/mol. The smallest absolute Gasteiger partial charge is 0.243 e. The summed E-state index contributed by atoms with van der Waals surface area (Å²) in [7, 11) is -6.02. The summed E-state index contributed by atoms with van der Waals surface area (Å²) in [6.07, 6.45) is 0. The average Bonchev–Trinajstić information content (AvgIpc) is 2.55. The first kappa shape index (κ1) is 17.9. The van der Waals surface area contributed by atoms with Crippen LogP contribution in [0.15, 0.2) is 34.1 Å². The van der Waals surface area contributed by atoms with E-state index in [9.17, 15) is 21.6 Å². The lowest BCUT2D eigenvalue weighted by molar-refractivity contribution is -0.129. The van der Waals surface area contributed by atoms with Gasteiger partial charge >= 0.3 is 0 Å². The van der Waals surface area contributed by atoms with Crippen LogP contribution in [0.5, 0.6) is 0 Å². The Labute approximate surface area is 136 Å². The number of carbonyl (C=O) groups excluding carboxylic acids is 1. The highest BCUT2D eigenvalue weighted by Gasteiger charge is 2.29. The molecule has 0 atom stereocenters. The highest BCUT2D eigenvalue weighted by Crippen LogP contribution is 2.19. The van der Waals surface area contributed by atoms with Crippen molar-refractivity contribution in [3.63, 3.8) is 0 Å². The number of nitrogens with zero attached hydrogens (tertiary/aromatic N) is 2. The fraction of sp³-hybridized carbons (Fsp3) is 0.462. The minimum atomic E-state index is -3.70. The molecule has 1 heterocycles. The fourth-order valence-corrected chi connectivity index (χ4v) is 4.45. The standard InChI is InChI=1S/C13H19N3O5S2/c1-11(17)15-7-9-16(10-8-15)23(20,21)13-5-3-12(4-6-13)22(18,19)14-2/h3-6,14H,7-10H2,1-2H3. The van der Waals surface area contributed by atoms with E-state index in [2.05, 4.69) is 4.72 Å². The number of rotatable bonds is 4. The molecule has 8 nitrogen and oxygen atoms in total. The van der Waals surface area contributed by atoms with Gasteiger partial charge in [-0.1, -0.05) is 0 Å². The van der Waals surface area contributed by atoms with Crippen molar-refractivity contribution in [2.75, 3.05) is 33.2 Å². The second-order valence-electron chi connectivity index (χ2n) is 5.09. The molecule has 1 aromatic carbocycles. The molecule has 0 bridgehead atoms. The first-order valence-electron chi connectivity index (χ1n) is 6.98. The van der Waals surface area contributed by atoms with E-state index in [1.807, 2.05) is 0 Å². The molecule has 1 amide bonds. The summed E-state index contributed by atoms with van der Waals surface area (Å²) < 4.78 is 51.9. The number of sulfonamides is 2. The zero-order valence-electron chi connectivity index (χ0n) is 12.9. The summed E-state index contributed by atoms with van der Waals surface area (Å²) in [5, 5.41) is 0. The largest absolute Gasteiger partial charge is 0.340 e. The molecule has 0 radical (unpaired) electrons. The van der Waals surface area contributed by atoms with Crippen LogP contribution in [0.25, 0.3) is 0 Å². The SMILES string of the molecule is CNS(=O)(=O)c1ccc(S(=O)(=O)N2CCN(C(C)=O)CC2)cc1. The van der Waals surface area contributed by atoms with Crippen molar-refractivity contribution in [2.45, 2.75) is 16.7 Å². The molecule has 1 aromatic rings. The molecule has 0 aliphatic carbocycles. The first-order valence-corrected chi connectivity index (χ1v) is 9.90. The molecular weight excluding hydrogens is 342 g/mol. The third-order valence-electron chi connectivity index (χ3n) is 3.72. The summed E-state index contributed by atoms with van der Waals surface area (Å²) >= 11 is 0. The number of hydrogen-bond donors (Lipinski definition) is 1. The van der Waals surface area contributed by atoms with Gasteiger partial charge in [-0.05, 0) is 31.3 Å². The van der Waals surface area contributed by atoms with Gasteiger partial charge < -0.3 is 4.90 Å². The van der Waals surface area contributed by atoms with Gasteiger partial charge in [0, 0.05) is 33.1 Å². The van der Waals surface area contributed by atoms with Gasteiger partial charge in [-0.25, -0.2) is 21.6 Å². The number of nitrogens with one attached hydrogen (secondary N) is 1. The zero-order chi connectivity index (χ0) is 17.3. The zero-order valence-corrected chi connectivity index (χ0v) is 14.5. The van der Waals surface area contributed by atoms with Gasteiger partial charge in [-0.3, -0.25) is 4.79 Å². The molecule has 1 aliphatic heterocycles. The van der Waals surface area contributed by atoms with E-state index in [-0.39, 0.29) is 28.8 Å². The molecule has 0 spiro atoms. The molecular formula is C13H19N3O5S2. The van der Waals surface area contributed by atoms with Crippen LogP contribution < -0.4 is 4.72 Å². The monoisotopic (exact) mass is 361 g/mol. The van der Waals surface area contributed by atoms with E-state index < -0.39 is 20.0 Å². The van der Waals surface area contributed by atoms with Gasteiger partial charge in [-0.15, -0.1) is 0 Å². The van der Waals surface area contributed by atoms with E-state index in [0.717, 1.165) is 0 Å². The maximum Gasteiger partial charge on any atom is 0.243 e. The molecule has 2 rings (SSSR count). The lowest BCUT2D eigenvalue weighted by Gasteiger charge is -2.33. The highest BCUT2D eigenvalue weighted by molar-refractivity contribution is 7.89. The molecule has 1 saturated heterocycles. The van der Waals surface area contributed by atoms with Crippen LogP contribution >= 0.6 is 0 Å². The van der Waals surface area contributed by atoms with Gasteiger partial charge in [-0.2, -0.15) is 4.31 Å². The Balaban J connectivity index is 2.19. The van der Waals surface area contributed by atoms with E-state index >= 15 is 0 Å². The minimum absolute atomic E-state index is 0.000323. The molecule has 128 valence electrons. The number of piperazine rings is 1. The Hall–Kier alpha value is -1.49. The Bertz CT molecular complexity index is 779. The van der Waals surface area contributed by atoms with Crippen LogP contribution in [0.4, 0.5) is 0 Å². The van der Waals surface area contributed by atoms with Crippen LogP contribution in [0, 0.1) is 0 Å². The number of carbonyl (C=O) groups is 1. The predicted molar refractivity (Wildman–Crippen MR) is 83.7 cm³/mol. The van der Waals surface area contributed by atoms with E-state index in [1.54, 1.807) is 4.90 Å². The lowest BCUT2D eigenvalue weighted by Crippen LogP contribution is -2.49. The normalized spacial score (nSPS) is 17.2. The topological polar surface area (TPSA) is 104 Å². The van der Waals surface area contributed by atoms with Gasteiger partial charge in [0.05, 0.1) is 9.79 Å². The molecule has 1 fully saturated rings. The van der Waals surface area contributed by atoms with Crippen molar-refractivity contribution >= 4 is 26.0 Å². The van der Waals surface area contributed by atoms with Gasteiger partial charge in [0.15, 0.2) is 0 Å². The molecule has 0 saturated carbocycles. The number of amides is 1. The first-order chi connectivity index (χ1) is 10.7. The van der Waals surface area contributed by atoms with Gasteiger partial charge in [0.1, 0.15) is 0 Å².